The monoisotopic (exact) mass is 426 g/mol. The van der Waals surface area contributed by atoms with Gasteiger partial charge in [-0.2, -0.15) is 0 Å². The SMILES string of the molecule is Cc1cc(OCCN2CCNCC2)nn1-c1ccc(Cl)c(Cl)c1.Cl.Cl. The molecule has 1 saturated heterocycles. The first kappa shape index (κ1) is 22.4. The van der Waals surface area contributed by atoms with Crippen molar-refractivity contribution in [2.45, 2.75) is 6.92 Å². The van der Waals surface area contributed by atoms with Crippen LogP contribution in [0.25, 0.3) is 5.69 Å². The van der Waals surface area contributed by atoms with Crippen molar-refractivity contribution >= 4 is 48.0 Å². The highest BCUT2D eigenvalue weighted by Gasteiger charge is 2.11. The van der Waals surface area contributed by atoms with Gasteiger partial charge in [-0.1, -0.05) is 23.2 Å². The van der Waals surface area contributed by atoms with Crippen molar-refractivity contribution in [3.8, 4) is 11.6 Å². The van der Waals surface area contributed by atoms with Gasteiger partial charge in [0.15, 0.2) is 0 Å². The zero-order chi connectivity index (χ0) is 16.2. The molecule has 1 aromatic heterocycles. The third-order valence-corrected chi connectivity index (χ3v) is 4.62. The average Bonchev–Trinajstić information content (AvgIpc) is 2.92. The van der Waals surface area contributed by atoms with Crippen molar-refractivity contribution in [2.75, 3.05) is 39.3 Å². The van der Waals surface area contributed by atoms with Gasteiger partial charge in [-0.25, -0.2) is 4.68 Å². The van der Waals surface area contributed by atoms with E-state index in [2.05, 4.69) is 15.3 Å². The number of rotatable bonds is 5. The Kier molecular flexibility index (Phi) is 9.35. The van der Waals surface area contributed by atoms with Gasteiger partial charge in [0.05, 0.1) is 15.7 Å². The molecule has 1 aromatic carbocycles. The molecule has 0 amide bonds. The largest absolute Gasteiger partial charge is 0.475 e. The fourth-order valence-corrected chi connectivity index (χ4v) is 2.90. The van der Waals surface area contributed by atoms with E-state index in [9.17, 15) is 0 Å². The van der Waals surface area contributed by atoms with Crippen LogP contribution in [0.3, 0.4) is 0 Å². The molecule has 2 aromatic rings. The fraction of sp³-hybridized carbons (Fsp3) is 0.438. The molecule has 2 heterocycles. The van der Waals surface area contributed by atoms with E-state index in [1.165, 1.54) is 0 Å². The molecule has 0 atom stereocenters. The molecule has 0 radical (unpaired) electrons. The van der Waals surface area contributed by atoms with Crippen LogP contribution >= 0.6 is 48.0 Å². The first-order valence-electron chi connectivity index (χ1n) is 7.71. The summed E-state index contributed by atoms with van der Waals surface area (Å²) in [5.41, 5.74) is 1.86. The van der Waals surface area contributed by atoms with Gasteiger partial charge in [0, 0.05) is 44.5 Å². The Hall–Kier alpha value is -0.690. The lowest BCUT2D eigenvalue weighted by Crippen LogP contribution is -2.44. The van der Waals surface area contributed by atoms with Gasteiger partial charge in [0.1, 0.15) is 6.61 Å². The highest BCUT2D eigenvalue weighted by molar-refractivity contribution is 6.42. The third kappa shape index (κ3) is 5.91. The van der Waals surface area contributed by atoms with Crippen molar-refractivity contribution in [3.05, 3.63) is 40.0 Å². The first-order chi connectivity index (χ1) is 11.1. The minimum Gasteiger partial charge on any atom is -0.475 e. The van der Waals surface area contributed by atoms with Crippen LogP contribution in [0.15, 0.2) is 24.3 Å². The van der Waals surface area contributed by atoms with Gasteiger partial charge in [-0.3, -0.25) is 4.90 Å². The predicted octanol–water partition coefficient (Wildman–Crippen LogP) is 3.62. The lowest BCUT2D eigenvalue weighted by Gasteiger charge is -2.26. The Morgan fingerprint density at radius 3 is 2.52 bits per heavy atom. The summed E-state index contributed by atoms with van der Waals surface area (Å²) in [7, 11) is 0. The predicted molar refractivity (Wildman–Crippen MR) is 108 cm³/mol. The summed E-state index contributed by atoms with van der Waals surface area (Å²) < 4.78 is 7.60. The molecule has 25 heavy (non-hydrogen) atoms. The van der Waals surface area contributed by atoms with Gasteiger partial charge >= 0.3 is 0 Å². The lowest BCUT2D eigenvalue weighted by atomic mass is 10.3. The van der Waals surface area contributed by atoms with E-state index >= 15 is 0 Å². The smallest absolute Gasteiger partial charge is 0.233 e. The number of piperazine rings is 1. The van der Waals surface area contributed by atoms with E-state index in [1.54, 1.807) is 12.1 Å². The molecule has 0 spiro atoms. The number of hydrogen-bond acceptors (Lipinski definition) is 4. The Balaban J connectivity index is 0.00000156. The first-order valence-corrected chi connectivity index (χ1v) is 8.47. The van der Waals surface area contributed by atoms with Crippen molar-refractivity contribution in [1.82, 2.24) is 20.0 Å². The normalized spacial score (nSPS) is 14.5. The van der Waals surface area contributed by atoms with Crippen molar-refractivity contribution < 1.29 is 4.74 Å². The molecule has 1 N–H and O–H groups in total. The second-order valence-corrected chi connectivity index (χ2v) is 6.39. The van der Waals surface area contributed by atoms with Gasteiger partial charge in [0.2, 0.25) is 5.88 Å². The number of aromatic nitrogens is 2. The Morgan fingerprint density at radius 1 is 1.12 bits per heavy atom. The quantitative estimate of drug-likeness (QED) is 0.791. The summed E-state index contributed by atoms with van der Waals surface area (Å²) in [6, 6.07) is 7.39. The van der Waals surface area contributed by atoms with Crippen LogP contribution in [0.2, 0.25) is 10.0 Å². The van der Waals surface area contributed by atoms with Gasteiger partial charge in [-0.05, 0) is 25.1 Å². The van der Waals surface area contributed by atoms with Crippen molar-refractivity contribution in [3.63, 3.8) is 0 Å². The minimum atomic E-state index is 0. The van der Waals surface area contributed by atoms with Crippen molar-refractivity contribution in [2.24, 2.45) is 0 Å². The van der Waals surface area contributed by atoms with Crippen LogP contribution in [0.5, 0.6) is 5.88 Å². The number of halogens is 4. The fourth-order valence-electron chi connectivity index (χ4n) is 2.61. The van der Waals surface area contributed by atoms with Crippen LogP contribution in [0, 0.1) is 6.92 Å². The minimum absolute atomic E-state index is 0. The third-order valence-electron chi connectivity index (χ3n) is 3.88. The van der Waals surface area contributed by atoms with Crippen molar-refractivity contribution in [1.29, 1.82) is 0 Å². The van der Waals surface area contributed by atoms with E-state index in [0.29, 0.717) is 22.5 Å². The highest BCUT2D eigenvalue weighted by Crippen LogP contribution is 2.25. The number of aryl methyl sites for hydroxylation is 1. The topological polar surface area (TPSA) is 42.3 Å². The standard InChI is InChI=1S/C16H20Cl2N4O.2ClH/c1-12-10-16(23-9-8-21-6-4-19-5-7-21)20-22(12)13-2-3-14(17)15(18)11-13;;/h2-3,10-11,19H,4-9H2,1H3;2*1H. The maximum absolute atomic E-state index is 6.08. The van der Waals surface area contributed by atoms with Crippen LogP contribution in [-0.4, -0.2) is 54.0 Å². The molecule has 140 valence electrons. The molecule has 1 aliphatic heterocycles. The van der Waals surface area contributed by atoms with Crippen LogP contribution in [0.4, 0.5) is 0 Å². The second-order valence-electron chi connectivity index (χ2n) is 5.57. The number of nitrogens with one attached hydrogen (secondary N) is 1. The molecule has 1 aliphatic rings. The number of nitrogens with zero attached hydrogens (tertiary/aromatic N) is 3. The molecule has 0 aliphatic carbocycles. The van der Waals surface area contributed by atoms with E-state index in [4.69, 9.17) is 27.9 Å². The van der Waals surface area contributed by atoms with E-state index in [1.807, 2.05) is 23.7 Å². The zero-order valence-corrected chi connectivity index (χ0v) is 17.0. The number of benzene rings is 1. The second kappa shape index (κ2) is 10.5. The molecule has 1 fully saturated rings. The molecule has 0 saturated carbocycles. The number of ether oxygens (including phenoxy) is 1. The van der Waals surface area contributed by atoms with Crippen LogP contribution in [0.1, 0.15) is 5.69 Å². The molecule has 5 nitrogen and oxygen atoms in total. The Morgan fingerprint density at radius 2 is 1.84 bits per heavy atom. The molecular formula is C16H22Cl4N4O. The lowest BCUT2D eigenvalue weighted by molar-refractivity contribution is 0.188. The molecule has 0 bridgehead atoms. The van der Waals surface area contributed by atoms with Gasteiger partial charge in [0.25, 0.3) is 0 Å². The van der Waals surface area contributed by atoms with E-state index in [-0.39, 0.29) is 24.8 Å². The summed E-state index contributed by atoms with van der Waals surface area (Å²) >= 11 is 12.0. The number of hydrogen-bond donors (Lipinski definition) is 1. The Bertz CT molecular complexity index is 674. The molecule has 0 unspecified atom stereocenters. The zero-order valence-electron chi connectivity index (χ0n) is 13.9. The van der Waals surface area contributed by atoms with E-state index < -0.39 is 0 Å². The molecule has 9 heteroatoms. The molecule has 3 rings (SSSR count). The van der Waals surface area contributed by atoms with Gasteiger partial charge < -0.3 is 10.1 Å². The summed E-state index contributed by atoms with van der Waals surface area (Å²) in [4.78, 5) is 2.39. The summed E-state index contributed by atoms with van der Waals surface area (Å²) in [6.45, 7) is 7.77. The summed E-state index contributed by atoms with van der Waals surface area (Å²) in [5, 5.41) is 8.89. The summed E-state index contributed by atoms with van der Waals surface area (Å²) in [6.07, 6.45) is 0. The highest BCUT2D eigenvalue weighted by atomic mass is 35.5. The van der Waals surface area contributed by atoms with Gasteiger partial charge in [-0.15, -0.1) is 29.9 Å². The van der Waals surface area contributed by atoms with Crippen LogP contribution in [-0.2, 0) is 0 Å². The van der Waals surface area contributed by atoms with E-state index in [0.717, 1.165) is 44.1 Å². The maximum atomic E-state index is 6.08. The average molecular weight is 428 g/mol. The van der Waals surface area contributed by atoms with Crippen LogP contribution < -0.4 is 10.1 Å². The molecular weight excluding hydrogens is 406 g/mol. The Labute approximate surface area is 170 Å². The summed E-state index contributed by atoms with van der Waals surface area (Å²) in [5.74, 6) is 0.628. The maximum Gasteiger partial charge on any atom is 0.233 e.